The summed E-state index contributed by atoms with van der Waals surface area (Å²) in [6, 6.07) is 62.6. The number of carbonyl (C=O) groups is 12. The van der Waals surface area contributed by atoms with E-state index in [1.165, 1.54) is 67.8 Å². The highest BCUT2D eigenvalue weighted by atomic mass is 19.4. The molecule has 144 heavy (non-hydrogen) atoms. The number of Topliss-reactive ketones (excluding diaryl/α,β-unsaturated/α-hetero) is 12. The van der Waals surface area contributed by atoms with E-state index in [1.807, 2.05) is 44.2 Å². The molecule has 0 amide bonds. The first-order chi connectivity index (χ1) is 69.2. The van der Waals surface area contributed by atoms with Crippen LogP contribution < -0.4 is 61.6 Å². The minimum atomic E-state index is -4.62. The fraction of sp³-hybridized carbons (Fsp3) is 0.236. The number of aryl methyl sites for hydroxylation is 2. The van der Waals surface area contributed by atoms with Crippen molar-refractivity contribution in [1.82, 2.24) is 0 Å². The molecule has 0 atom stereocenters. The Bertz CT molecular complexity index is 6790. The largest absolute Gasteiger partial charge is 0.504 e. The maximum absolute atomic E-state index is 13.0. The number of ether oxygens (including phenoxy) is 13. The van der Waals surface area contributed by atoms with E-state index in [0.29, 0.717) is 136 Å². The van der Waals surface area contributed by atoms with Gasteiger partial charge in [0.1, 0.15) is 45.4 Å². The third-order valence-electron chi connectivity index (χ3n) is 22.8. The predicted octanol–water partition coefficient (Wildman–Crippen LogP) is 21.5. The van der Waals surface area contributed by atoms with Gasteiger partial charge in [-0.1, -0.05) is 132 Å². The van der Waals surface area contributed by atoms with Crippen LogP contribution in [-0.2, 0) is 12.4 Å². The molecule has 0 unspecified atom stereocenters. The molecule has 744 valence electrons. The van der Waals surface area contributed by atoms with Gasteiger partial charge in [0.2, 0.25) is 37.6 Å². The van der Waals surface area contributed by atoms with Gasteiger partial charge in [-0.05, 0) is 135 Å². The number of rotatable bonds is 31. The van der Waals surface area contributed by atoms with Gasteiger partial charge < -0.3 is 76.9 Å². The van der Waals surface area contributed by atoms with Crippen molar-refractivity contribution in [3.63, 3.8) is 0 Å². The molecule has 0 spiro atoms. The van der Waals surface area contributed by atoms with Crippen molar-refractivity contribution < 1.29 is 161 Å². The van der Waals surface area contributed by atoms with Gasteiger partial charge in [-0.3, -0.25) is 57.5 Å². The minimum absolute atomic E-state index is 0.0107. The highest BCUT2D eigenvalue weighted by molar-refractivity contribution is 6.08. The molecule has 0 saturated heterocycles. The van der Waals surface area contributed by atoms with Gasteiger partial charge in [0, 0.05) is 127 Å². The molecule has 0 aromatic heterocycles. The molecule has 28 nitrogen and oxygen atoms in total. The van der Waals surface area contributed by atoms with Crippen LogP contribution in [0.2, 0.25) is 0 Å². The molecular weight excluding hydrogens is 1880 g/mol. The van der Waals surface area contributed by atoms with Crippen LogP contribution in [0.25, 0.3) is 0 Å². The number of methoxy groups -OCH3 is 1. The average molecular weight is 1980 g/mol. The van der Waals surface area contributed by atoms with Crippen molar-refractivity contribution in [2.45, 2.75) is 103 Å². The summed E-state index contributed by atoms with van der Waals surface area (Å²) in [4.78, 5) is 146. The van der Waals surface area contributed by atoms with Crippen LogP contribution in [0.5, 0.6) is 92.0 Å². The Hall–Kier alpha value is -16.9. The van der Waals surface area contributed by atoms with Gasteiger partial charge in [0.15, 0.2) is 138 Å². The van der Waals surface area contributed by atoms with Crippen LogP contribution in [-0.4, -0.2) is 152 Å². The van der Waals surface area contributed by atoms with Crippen molar-refractivity contribution in [1.29, 1.82) is 0 Å². The second-order valence-corrected chi connectivity index (χ2v) is 32.7. The maximum atomic E-state index is 13.0. The van der Waals surface area contributed by atoms with Gasteiger partial charge in [-0.2, -0.15) is 26.3 Å². The summed E-state index contributed by atoms with van der Waals surface area (Å²) in [5, 5.41) is 30.6. The van der Waals surface area contributed by atoms with Gasteiger partial charge in [0.25, 0.3) is 0 Å². The molecule has 6 heterocycles. The topological polar surface area (TPSA) is 386 Å². The number of alkyl halides is 6. The number of phenolic OH excluding ortho intramolecular Hbond substituents is 3. The first-order valence-corrected chi connectivity index (χ1v) is 45.2. The monoisotopic (exact) mass is 1980 g/mol. The van der Waals surface area contributed by atoms with E-state index in [0.717, 1.165) is 35.4 Å². The first kappa shape index (κ1) is 104. The van der Waals surface area contributed by atoms with Crippen LogP contribution in [0, 0.1) is 13.8 Å². The number of hydrogen-bond donors (Lipinski definition) is 3. The van der Waals surface area contributed by atoms with Crippen molar-refractivity contribution in [3.05, 3.63) is 332 Å². The van der Waals surface area contributed by atoms with E-state index in [9.17, 15) is 99.2 Å². The molecule has 0 aliphatic carbocycles. The number of fused-ring (bicyclic) bond motifs is 6. The van der Waals surface area contributed by atoms with E-state index in [1.54, 1.807) is 127 Å². The minimum Gasteiger partial charge on any atom is -0.504 e. The molecule has 34 heteroatoms. The first-order valence-electron chi connectivity index (χ1n) is 45.2. The molecule has 6 aliphatic rings. The van der Waals surface area contributed by atoms with Gasteiger partial charge in [0.05, 0.1) is 34.9 Å². The average Bonchev–Trinajstić information content (AvgIpc) is 0.924. The maximum Gasteiger partial charge on any atom is 0.417 e. The molecular formula is C110H94F6O28. The Kier molecular flexibility index (Phi) is 35.4. The summed E-state index contributed by atoms with van der Waals surface area (Å²) in [6.07, 6.45) is -9.24. The Morgan fingerprint density at radius 2 is 0.521 bits per heavy atom. The summed E-state index contributed by atoms with van der Waals surface area (Å²) < 4.78 is 145. The van der Waals surface area contributed by atoms with Gasteiger partial charge in [-0.15, -0.1) is 0 Å². The zero-order valence-corrected chi connectivity index (χ0v) is 77.8. The van der Waals surface area contributed by atoms with Gasteiger partial charge in [-0.25, -0.2) is 0 Å². The Balaban J connectivity index is 0.000000145. The van der Waals surface area contributed by atoms with Gasteiger partial charge >= 0.3 is 12.4 Å². The van der Waals surface area contributed by atoms with Crippen molar-refractivity contribution >= 4 is 69.4 Å². The SMILES string of the molecule is COc1cccc(C(=O)CCC(=O)c2ccc3c(c2O)OCCO3)c1.Cc1ccc(C(=O)CCC(=O)c2ccc3c(c2)OCO3)cc1.Cc1ccc(C(=O)CCC(=O)c2ccc3c(c2O)OCCO3)cc1.O=C(CCC(=O)c1ccc2c(c1)OCO2)c1cccc(C(F)(F)F)c1.O=C(CCC(=O)c1ccc2c(c1O)OCCO2)c1ccccc1.O=C(CCC(=O)c1ccccc1C(F)(F)F)c1ccc2c(c1)OCO2. The molecule has 0 saturated carbocycles. The number of ketones is 12. The number of carbonyl (C=O) groups excluding carboxylic acids is 12. The van der Waals surface area contributed by atoms with E-state index in [4.69, 9.17) is 61.6 Å². The lowest BCUT2D eigenvalue weighted by molar-refractivity contribution is -0.138. The molecule has 12 aromatic rings. The Morgan fingerprint density at radius 3 is 0.868 bits per heavy atom. The zero-order valence-electron chi connectivity index (χ0n) is 77.8. The molecule has 6 aliphatic heterocycles. The zero-order chi connectivity index (χ0) is 103. The number of hydrogen-bond acceptors (Lipinski definition) is 28. The number of phenols is 3. The number of halogens is 6. The Morgan fingerprint density at radius 1 is 0.250 bits per heavy atom. The lowest BCUT2D eigenvalue weighted by Crippen LogP contribution is -2.16. The third-order valence-corrected chi connectivity index (χ3v) is 22.8. The highest BCUT2D eigenvalue weighted by Gasteiger charge is 2.36. The van der Waals surface area contributed by atoms with Crippen LogP contribution in [0.3, 0.4) is 0 Å². The highest BCUT2D eigenvalue weighted by Crippen LogP contribution is 2.46. The molecule has 0 bridgehead atoms. The second kappa shape index (κ2) is 48.8. The van der Waals surface area contributed by atoms with Crippen LogP contribution in [0.4, 0.5) is 26.3 Å². The quantitative estimate of drug-likeness (QED) is 0.0268. The summed E-state index contributed by atoms with van der Waals surface area (Å²) >= 11 is 0. The summed E-state index contributed by atoms with van der Waals surface area (Å²) in [5.41, 5.74) is 3.75. The Labute approximate surface area is 820 Å². The van der Waals surface area contributed by atoms with Crippen LogP contribution in [0.15, 0.2) is 243 Å². The van der Waals surface area contributed by atoms with E-state index in [-0.39, 0.29) is 212 Å². The fourth-order valence-corrected chi connectivity index (χ4v) is 15.0. The number of aromatic hydroxyl groups is 3. The second-order valence-electron chi connectivity index (χ2n) is 32.7. The van der Waals surface area contributed by atoms with Crippen LogP contribution >= 0.6 is 0 Å². The molecule has 18 rings (SSSR count). The standard InChI is InChI=1S/C19H18O6.C19H18O5.2C18H13F3O4.C18H16O5.C18H16O4/c1-23-13-4-2-3-12(11-13)15(20)6-7-16(21)14-5-8-17-19(18(14)22)25-10-9-24-17;1-12-2-4-13(5-3-12)15(20)7-8-16(21)14-6-9-17-19(18(14)22)24-11-10-23-17;19-18(20,21)13-3-1-2-11(8-13)14(22)5-6-15(23)12-4-7-16-17(9-12)25-10-24-16;19-18(20,21)13-4-2-1-3-12(13)15(23)7-6-14(22)11-5-8-16-17(9-11)25-10-24-16;19-14(12-4-2-1-3-5-12)7-8-15(20)13-6-9-16-18(17(13)21)23-11-10-22-16;1-12-2-4-13(5-3-12)15(19)7-8-16(20)14-6-9-17-18(10-14)22-11-21-17/h2-5,8,11,22H,6-7,9-10H2,1H3;2-6,9,22H,7-8,10-11H2,1H3;1-4,7-9H,5-6,10H2;1-5,8-9H,6-7,10H2;1-6,9,21H,7-8,10-11H2;2-6,9-10H,7-8,11H2,1H3. The van der Waals surface area contributed by atoms with Crippen molar-refractivity contribution in [2.24, 2.45) is 0 Å². The smallest absolute Gasteiger partial charge is 0.417 e. The van der Waals surface area contributed by atoms with Crippen LogP contribution in [0.1, 0.15) is 224 Å². The third kappa shape index (κ3) is 27.8. The van der Waals surface area contributed by atoms with Crippen molar-refractivity contribution in [2.75, 3.05) is 67.1 Å². The summed E-state index contributed by atoms with van der Waals surface area (Å²) in [5.74, 6) is 1.62. The molecule has 3 N–H and O–H groups in total. The van der Waals surface area contributed by atoms with E-state index < -0.39 is 40.6 Å². The number of benzene rings is 12. The lowest BCUT2D eigenvalue weighted by atomic mass is 9.97. The summed E-state index contributed by atoms with van der Waals surface area (Å²) in [6.45, 7) is 6.42. The van der Waals surface area contributed by atoms with E-state index in [2.05, 4.69) is 0 Å². The molecule has 0 fully saturated rings. The normalized spacial score (nSPS) is 12.7. The molecule has 12 aromatic carbocycles. The molecule has 0 radical (unpaired) electrons. The lowest BCUT2D eigenvalue weighted by Gasteiger charge is -2.20. The van der Waals surface area contributed by atoms with Crippen molar-refractivity contribution in [3.8, 4) is 92.0 Å². The van der Waals surface area contributed by atoms with E-state index >= 15 is 0 Å². The summed E-state index contributed by atoms with van der Waals surface area (Å²) in [7, 11) is 1.53. The predicted molar refractivity (Wildman–Crippen MR) is 507 cm³/mol. The fourth-order valence-electron chi connectivity index (χ4n) is 15.0.